The summed E-state index contributed by atoms with van der Waals surface area (Å²) in [4.78, 5) is 25.8. The third-order valence-corrected chi connectivity index (χ3v) is 3.41. The predicted molar refractivity (Wildman–Crippen MR) is 85.8 cm³/mol. The summed E-state index contributed by atoms with van der Waals surface area (Å²) in [6, 6.07) is 7.18. The fraction of sp³-hybridized carbons (Fsp3) is 0.500. The van der Waals surface area contributed by atoms with Crippen LogP contribution in [0.25, 0.3) is 0 Å². The predicted octanol–water partition coefficient (Wildman–Crippen LogP) is 1.55. The van der Waals surface area contributed by atoms with Crippen LogP contribution in [0.15, 0.2) is 24.3 Å². The van der Waals surface area contributed by atoms with E-state index in [-0.39, 0.29) is 17.7 Å². The minimum Gasteiger partial charge on any atom is -0.379 e. The van der Waals surface area contributed by atoms with Gasteiger partial charge in [0.2, 0.25) is 11.8 Å². The maximum absolute atomic E-state index is 12.0. The van der Waals surface area contributed by atoms with Crippen LogP contribution in [0.5, 0.6) is 0 Å². The number of ether oxygens (including phenoxy) is 1. The molecule has 0 spiro atoms. The maximum atomic E-state index is 12.0. The van der Waals surface area contributed by atoms with Gasteiger partial charge in [0.15, 0.2) is 0 Å². The molecule has 2 N–H and O–H groups in total. The van der Waals surface area contributed by atoms with E-state index in [0.717, 1.165) is 13.1 Å². The van der Waals surface area contributed by atoms with Crippen molar-refractivity contribution >= 4 is 23.2 Å². The number of carbonyl (C=O) groups excluding carboxylic acids is 2. The van der Waals surface area contributed by atoms with Gasteiger partial charge >= 0.3 is 0 Å². The summed E-state index contributed by atoms with van der Waals surface area (Å²) in [5.74, 6) is -0.189. The van der Waals surface area contributed by atoms with Crippen molar-refractivity contribution in [2.45, 2.75) is 13.8 Å². The first-order valence-corrected chi connectivity index (χ1v) is 7.55. The highest BCUT2D eigenvalue weighted by Gasteiger charge is 2.14. The van der Waals surface area contributed by atoms with E-state index in [2.05, 4.69) is 15.5 Å². The number of benzene rings is 1. The molecule has 1 fully saturated rings. The largest absolute Gasteiger partial charge is 0.379 e. The summed E-state index contributed by atoms with van der Waals surface area (Å²) in [7, 11) is 0. The van der Waals surface area contributed by atoms with E-state index < -0.39 is 0 Å². The van der Waals surface area contributed by atoms with Crippen molar-refractivity contribution in [3.05, 3.63) is 24.3 Å². The van der Waals surface area contributed by atoms with E-state index in [0.29, 0.717) is 31.1 Å². The third kappa shape index (κ3) is 5.13. The van der Waals surface area contributed by atoms with Crippen LogP contribution in [0, 0.1) is 5.92 Å². The molecule has 2 amide bonds. The lowest BCUT2D eigenvalue weighted by Gasteiger charge is -2.25. The van der Waals surface area contributed by atoms with Gasteiger partial charge in [0, 0.05) is 30.4 Å². The summed E-state index contributed by atoms with van der Waals surface area (Å²) < 4.78 is 5.26. The Labute approximate surface area is 130 Å². The monoisotopic (exact) mass is 305 g/mol. The average molecular weight is 305 g/mol. The Hall–Kier alpha value is -1.92. The lowest BCUT2D eigenvalue weighted by molar-refractivity contribution is -0.119. The molecule has 6 nitrogen and oxygen atoms in total. The van der Waals surface area contributed by atoms with Crippen molar-refractivity contribution in [3.8, 4) is 0 Å². The number of nitrogens with zero attached hydrogens (tertiary/aromatic N) is 1. The zero-order valence-corrected chi connectivity index (χ0v) is 13.1. The Balaban J connectivity index is 1.89. The SMILES string of the molecule is CC(C)C(=O)Nc1cccc(NC(=O)CN2CCOCC2)c1. The number of nitrogens with one attached hydrogen (secondary N) is 2. The molecule has 1 saturated heterocycles. The van der Waals surface area contributed by atoms with Crippen LogP contribution in [0.1, 0.15) is 13.8 Å². The van der Waals surface area contributed by atoms with E-state index in [1.54, 1.807) is 18.2 Å². The highest BCUT2D eigenvalue weighted by atomic mass is 16.5. The van der Waals surface area contributed by atoms with Crippen LogP contribution in [0.3, 0.4) is 0 Å². The van der Waals surface area contributed by atoms with Crippen molar-refractivity contribution in [2.24, 2.45) is 5.92 Å². The first-order chi connectivity index (χ1) is 10.5. The molecule has 0 saturated carbocycles. The van der Waals surface area contributed by atoms with E-state index in [9.17, 15) is 9.59 Å². The second-order valence-corrected chi connectivity index (χ2v) is 5.66. The molecule has 0 aliphatic carbocycles. The Morgan fingerprint density at radius 1 is 1.18 bits per heavy atom. The molecule has 0 unspecified atom stereocenters. The Morgan fingerprint density at radius 2 is 1.82 bits per heavy atom. The number of anilines is 2. The number of amides is 2. The first kappa shape index (κ1) is 16.5. The molecule has 0 radical (unpaired) electrons. The second kappa shape index (κ2) is 7.91. The zero-order chi connectivity index (χ0) is 15.9. The van der Waals surface area contributed by atoms with Crippen LogP contribution in [0.4, 0.5) is 11.4 Å². The van der Waals surface area contributed by atoms with Crippen LogP contribution in [-0.2, 0) is 14.3 Å². The zero-order valence-electron chi connectivity index (χ0n) is 13.1. The average Bonchev–Trinajstić information content (AvgIpc) is 2.48. The summed E-state index contributed by atoms with van der Waals surface area (Å²) in [5.41, 5.74) is 1.36. The Morgan fingerprint density at radius 3 is 2.45 bits per heavy atom. The van der Waals surface area contributed by atoms with Crippen LogP contribution < -0.4 is 10.6 Å². The van der Waals surface area contributed by atoms with Crippen molar-refractivity contribution in [3.63, 3.8) is 0 Å². The minimum absolute atomic E-state index is 0.0446. The van der Waals surface area contributed by atoms with Gasteiger partial charge in [0.1, 0.15) is 0 Å². The molecule has 1 aliphatic rings. The minimum atomic E-state index is -0.0837. The van der Waals surface area contributed by atoms with Crippen molar-refractivity contribution < 1.29 is 14.3 Å². The summed E-state index contributed by atoms with van der Waals surface area (Å²) in [5, 5.41) is 5.68. The molecule has 1 aromatic carbocycles. The normalized spacial score (nSPS) is 15.6. The van der Waals surface area contributed by atoms with Crippen LogP contribution in [0.2, 0.25) is 0 Å². The smallest absolute Gasteiger partial charge is 0.238 e. The van der Waals surface area contributed by atoms with Gasteiger partial charge in [-0.05, 0) is 18.2 Å². The molecule has 1 aliphatic heterocycles. The topological polar surface area (TPSA) is 70.7 Å². The fourth-order valence-corrected chi connectivity index (χ4v) is 2.12. The van der Waals surface area contributed by atoms with Crippen LogP contribution >= 0.6 is 0 Å². The fourth-order valence-electron chi connectivity index (χ4n) is 2.12. The van der Waals surface area contributed by atoms with Gasteiger partial charge in [-0.2, -0.15) is 0 Å². The maximum Gasteiger partial charge on any atom is 0.238 e. The molecule has 0 atom stereocenters. The lowest BCUT2D eigenvalue weighted by Crippen LogP contribution is -2.41. The highest BCUT2D eigenvalue weighted by molar-refractivity contribution is 5.95. The quantitative estimate of drug-likeness (QED) is 0.866. The number of rotatable bonds is 5. The van der Waals surface area contributed by atoms with E-state index in [1.807, 2.05) is 19.9 Å². The van der Waals surface area contributed by atoms with Gasteiger partial charge in [0.05, 0.1) is 19.8 Å². The van der Waals surface area contributed by atoms with Crippen molar-refractivity contribution in [1.82, 2.24) is 4.90 Å². The second-order valence-electron chi connectivity index (χ2n) is 5.66. The van der Waals surface area contributed by atoms with Gasteiger partial charge < -0.3 is 15.4 Å². The van der Waals surface area contributed by atoms with Gasteiger partial charge in [-0.1, -0.05) is 19.9 Å². The molecule has 0 aromatic heterocycles. The molecule has 1 heterocycles. The van der Waals surface area contributed by atoms with Gasteiger partial charge in [0.25, 0.3) is 0 Å². The number of morpholine rings is 1. The summed E-state index contributed by atoms with van der Waals surface area (Å²) in [6.45, 7) is 6.92. The van der Waals surface area contributed by atoms with Gasteiger partial charge in [-0.15, -0.1) is 0 Å². The molecule has 2 rings (SSSR count). The number of hydrogen-bond donors (Lipinski definition) is 2. The van der Waals surface area contributed by atoms with E-state index in [4.69, 9.17) is 4.74 Å². The third-order valence-electron chi connectivity index (χ3n) is 3.41. The summed E-state index contributed by atoms with van der Waals surface area (Å²) in [6.07, 6.45) is 0. The molecule has 22 heavy (non-hydrogen) atoms. The molecule has 120 valence electrons. The molecule has 1 aromatic rings. The van der Waals surface area contributed by atoms with E-state index in [1.165, 1.54) is 0 Å². The highest BCUT2D eigenvalue weighted by Crippen LogP contribution is 2.16. The number of carbonyl (C=O) groups is 2. The first-order valence-electron chi connectivity index (χ1n) is 7.55. The molecular weight excluding hydrogens is 282 g/mol. The molecule has 6 heteroatoms. The van der Waals surface area contributed by atoms with Gasteiger partial charge in [-0.25, -0.2) is 0 Å². The van der Waals surface area contributed by atoms with Crippen LogP contribution in [-0.4, -0.2) is 49.6 Å². The number of hydrogen-bond acceptors (Lipinski definition) is 4. The van der Waals surface area contributed by atoms with Gasteiger partial charge in [-0.3, -0.25) is 14.5 Å². The van der Waals surface area contributed by atoms with E-state index >= 15 is 0 Å². The van der Waals surface area contributed by atoms with Crippen molar-refractivity contribution in [1.29, 1.82) is 0 Å². The standard InChI is InChI=1S/C16H23N3O3/c1-12(2)16(21)18-14-5-3-4-13(10-14)17-15(20)11-19-6-8-22-9-7-19/h3-5,10,12H,6-9,11H2,1-2H3,(H,17,20)(H,18,21). The van der Waals surface area contributed by atoms with Crippen molar-refractivity contribution in [2.75, 3.05) is 43.5 Å². The Bertz CT molecular complexity index is 525. The molecule has 0 bridgehead atoms. The summed E-state index contributed by atoms with van der Waals surface area (Å²) >= 11 is 0. The lowest BCUT2D eigenvalue weighted by atomic mass is 10.2. The Kier molecular flexibility index (Phi) is 5.91. The molecular formula is C16H23N3O3.